The lowest BCUT2D eigenvalue weighted by Crippen LogP contribution is -2.14. The summed E-state index contributed by atoms with van der Waals surface area (Å²) in [6.07, 6.45) is 0.133. The Bertz CT molecular complexity index is 1340. The summed E-state index contributed by atoms with van der Waals surface area (Å²) in [7, 11) is 3.12. The van der Waals surface area contributed by atoms with Crippen molar-refractivity contribution in [2.24, 2.45) is 0 Å². The molecule has 0 aliphatic carbocycles. The van der Waals surface area contributed by atoms with Gasteiger partial charge in [-0.3, -0.25) is 9.59 Å². The number of hydrogen-bond acceptors (Lipinski definition) is 6. The Balaban J connectivity index is 1.48. The van der Waals surface area contributed by atoms with Crippen molar-refractivity contribution in [1.29, 1.82) is 0 Å². The van der Waals surface area contributed by atoms with Crippen molar-refractivity contribution in [3.63, 3.8) is 0 Å². The number of halogens is 1. The fourth-order valence-electron chi connectivity index (χ4n) is 3.41. The first-order valence-corrected chi connectivity index (χ1v) is 11.5. The van der Waals surface area contributed by atoms with Crippen LogP contribution >= 0.6 is 22.9 Å². The number of carbonyl (C=O) groups excluding carboxylic acids is 2. The van der Waals surface area contributed by atoms with Gasteiger partial charge in [0.15, 0.2) is 5.13 Å². The first-order valence-electron chi connectivity index (χ1n) is 10.3. The Morgan fingerprint density at radius 3 is 2.41 bits per heavy atom. The van der Waals surface area contributed by atoms with E-state index in [0.29, 0.717) is 38.4 Å². The molecule has 0 saturated carbocycles. The van der Waals surface area contributed by atoms with Crippen LogP contribution in [0.4, 0.5) is 10.8 Å². The quantitative estimate of drug-likeness (QED) is 0.343. The van der Waals surface area contributed by atoms with E-state index in [1.165, 1.54) is 11.3 Å². The minimum Gasteiger partial charge on any atom is -0.497 e. The molecule has 9 heteroatoms. The van der Waals surface area contributed by atoms with Gasteiger partial charge in [-0.05, 0) is 54.4 Å². The van der Waals surface area contributed by atoms with Crippen LogP contribution in [0.5, 0.6) is 11.5 Å². The number of ether oxygens (including phenoxy) is 2. The van der Waals surface area contributed by atoms with Crippen LogP contribution in [0.25, 0.3) is 10.2 Å². The summed E-state index contributed by atoms with van der Waals surface area (Å²) in [6.45, 7) is 1.88. The molecule has 1 heterocycles. The number of fused-ring (bicyclic) bond motifs is 1. The van der Waals surface area contributed by atoms with Crippen molar-refractivity contribution in [2.45, 2.75) is 13.3 Å². The average Bonchev–Trinajstić information content (AvgIpc) is 3.22. The molecule has 0 aliphatic heterocycles. The highest BCUT2D eigenvalue weighted by Gasteiger charge is 2.14. The Morgan fingerprint density at radius 2 is 1.74 bits per heavy atom. The molecule has 4 rings (SSSR count). The van der Waals surface area contributed by atoms with Gasteiger partial charge in [-0.2, -0.15) is 0 Å². The zero-order chi connectivity index (χ0) is 24.2. The third-order valence-corrected chi connectivity index (χ3v) is 6.38. The van der Waals surface area contributed by atoms with E-state index in [0.717, 1.165) is 15.8 Å². The van der Waals surface area contributed by atoms with Gasteiger partial charge in [-0.25, -0.2) is 4.98 Å². The van der Waals surface area contributed by atoms with Crippen LogP contribution in [0.15, 0.2) is 54.6 Å². The second kappa shape index (κ2) is 10.1. The van der Waals surface area contributed by atoms with Gasteiger partial charge in [0.1, 0.15) is 11.5 Å². The summed E-state index contributed by atoms with van der Waals surface area (Å²) in [5.41, 5.74) is 3.37. The molecule has 0 spiro atoms. The number of nitrogens with zero attached hydrogens (tertiary/aromatic N) is 1. The Hall–Kier alpha value is -3.62. The highest BCUT2D eigenvalue weighted by Crippen LogP contribution is 2.29. The molecule has 2 amide bonds. The molecule has 0 unspecified atom stereocenters. The van der Waals surface area contributed by atoms with E-state index in [2.05, 4.69) is 15.6 Å². The summed E-state index contributed by atoms with van der Waals surface area (Å²) in [5.74, 6) is 0.727. The molecule has 2 N–H and O–H groups in total. The van der Waals surface area contributed by atoms with E-state index in [1.54, 1.807) is 56.7 Å². The van der Waals surface area contributed by atoms with Crippen LogP contribution in [0, 0.1) is 6.92 Å². The lowest BCUT2D eigenvalue weighted by atomic mass is 10.1. The van der Waals surface area contributed by atoms with Crippen LogP contribution in [0.1, 0.15) is 21.5 Å². The smallest absolute Gasteiger partial charge is 0.255 e. The van der Waals surface area contributed by atoms with Crippen molar-refractivity contribution in [3.8, 4) is 11.5 Å². The van der Waals surface area contributed by atoms with Crippen LogP contribution in [0.2, 0.25) is 5.02 Å². The number of methoxy groups -OCH3 is 2. The van der Waals surface area contributed by atoms with E-state index in [1.807, 2.05) is 19.1 Å². The predicted molar refractivity (Wildman–Crippen MR) is 136 cm³/mol. The predicted octanol–water partition coefficient (Wildman–Crippen LogP) is 5.71. The second-order valence-corrected chi connectivity index (χ2v) is 8.97. The third kappa shape index (κ3) is 5.30. The normalized spacial score (nSPS) is 10.7. The standard InChI is InChI=1S/C25H22ClN3O4S/c1-14-5-4-6-19(26)23(14)29-24(31)16-7-8-20-21(12-16)34-25(27-20)28-22(30)11-15-9-17(32-2)13-18(10-15)33-3/h4-10,12-13H,11H2,1-3H3,(H,29,31)(H,27,28,30). The molecule has 174 valence electrons. The number of aromatic nitrogens is 1. The molecule has 0 radical (unpaired) electrons. The summed E-state index contributed by atoms with van der Waals surface area (Å²) in [4.78, 5) is 29.8. The number of thiazole rings is 1. The van der Waals surface area contributed by atoms with Crippen molar-refractivity contribution in [1.82, 2.24) is 4.98 Å². The SMILES string of the molecule is COc1cc(CC(=O)Nc2nc3ccc(C(=O)Nc4c(C)cccc4Cl)cc3s2)cc(OC)c1. The molecule has 7 nitrogen and oxygen atoms in total. The molecule has 0 aliphatic rings. The highest BCUT2D eigenvalue weighted by atomic mass is 35.5. The number of rotatable bonds is 7. The van der Waals surface area contributed by atoms with Gasteiger partial charge in [0.05, 0.1) is 41.6 Å². The van der Waals surface area contributed by atoms with Crippen LogP contribution in [-0.2, 0) is 11.2 Å². The Kier molecular flexibility index (Phi) is 7.00. The third-order valence-electron chi connectivity index (χ3n) is 5.13. The Morgan fingerprint density at radius 1 is 1.00 bits per heavy atom. The molecule has 0 saturated heterocycles. The van der Waals surface area contributed by atoms with E-state index < -0.39 is 0 Å². The number of carbonyl (C=O) groups is 2. The Labute approximate surface area is 205 Å². The number of hydrogen-bond donors (Lipinski definition) is 2. The lowest BCUT2D eigenvalue weighted by molar-refractivity contribution is -0.115. The zero-order valence-corrected chi connectivity index (χ0v) is 20.3. The van der Waals surface area contributed by atoms with Crippen molar-refractivity contribution < 1.29 is 19.1 Å². The monoisotopic (exact) mass is 495 g/mol. The van der Waals surface area contributed by atoms with Crippen LogP contribution in [0.3, 0.4) is 0 Å². The molecule has 34 heavy (non-hydrogen) atoms. The number of amides is 2. The number of nitrogens with one attached hydrogen (secondary N) is 2. The molecule has 3 aromatic carbocycles. The average molecular weight is 496 g/mol. The summed E-state index contributed by atoms with van der Waals surface area (Å²) in [6, 6.07) is 15.9. The number of benzene rings is 3. The molecule has 0 bridgehead atoms. The molecule has 0 fully saturated rings. The maximum Gasteiger partial charge on any atom is 0.255 e. The van der Waals surface area contributed by atoms with Gasteiger partial charge in [0, 0.05) is 11.6 Å². The molecule has 0 atom stereocenters. The largest absolute Gasteiger partial charge is 0.497 e. The number of anilines is 2. The molecular formula is C25H22ClN3O4S. The minimum atomic E-state index is -0.274. The van der Waals surface area contributed by atoms with Crippen LogP contribution in [-0.4, -0.2) is 31.0 Å². The van der Waals surface area contributed by atoms with Gasteiger partial charge >= 0.3 is 0 Å². The second-order valence-electron chi connectivity index (χ2n) is 7.53. The van der Waals surface area contributed by atoms with Gasteiger partial charge in [0.2, 0.25) is 5.91 Å². The maximum absolute atomic E-state index is 12.8. The topological polar surface area (TPSA) is 89.5 Å². The summed E-state index contributed by atoms with van der Waals surface area (Å²) in [5, 5.41) is 6.63. The zero-order valence-electron chi connectivity index (χ0n) is 18.8. The van der Waals surface area contributed by atoms with E-state index in [9.17, 15) is 9.59 Å². The van der Waals surface area contributed by atoms with Crippen LogP contribution < -0.4 is 20.1 Å². The highest BCUT2D eigenvalue weighted by molar-refractivity contribution is 7.22. The number of para-hydroxylation sites is 1. The molecule has 4 aromatic rings. The fraction of sp³-hybridized carbons (Fsp3) is 0.160. The lowest BCUT2D eigenvalue weighted by Gasteiger charge is -2.10. The van der Waals surface area contributed by atoms with Gasteiger partial charge in [-0.15, -0.1) is 0 Å². The van der Waals surface area contributed by atoms with E-state index in [4.69, 9.17) is 21.1 Å². The van der Waals surface area contributed by atoms with E-state index >= 15 is 0 Å². The maximum atomic E-state index is 12.8. The molecule has 1 aromatic heterocycles. The minimum absolute atomic E-state index is 0.133. The van der Waals surface area contributed by atoms with E-state index in [-0.39, 0.29) is 18.2 Å². The van der Waals surface area contributed by atoms with Gasteiger partial charge in [-0.1, -0.05) is 35.1 Å². The van der Waals surface area contributed by atoms with Crippen molar-refractivity contribution in [2.75, 3.05) is 24.9 Å². The first kappa shape index (κ1) is 23.5. The van der Waals surface area contributed by atoms with Crippen molar-refractivity contribution >= 4 is 55.8 Å². The summed E-state index contributed by atoms with van der Waals surface area (Å²) < 4.78 is 11.3. The van der Waals surface area contributed by atoms with Gasteiger partial charge < -0.3 is 20.1 Å². The first-order chi connectivity index (χ1) is 16.4. The number of aryl methyl sites for hydroxylation is 1. The van der Waals surface area contributed by atoms with Gasteiger partial charge in [0.25, 0.3) is 5.91 Å². The fourth-order valence-corrected chi connectivity index (χ4v) is 4.60. The van der Waals surface area contributed by atoms with Crippen molar-refractivity contribution in [3.05, 3.63) is 76.3 Å². The molecular weight excluding hydrogens is 474 g/mol. The summed E-state index contributed by atoms with van der Waals surface area (Å²) >= 11 is 7.52.